The van der Waals surface area contributed by atoms with Gasteiger partial charge in [-0.2, -0.15) is 0 Å². The van der Waals surface area contributed by atoms with Gasteiger partial charge in [-0.1, -0.05) is 5.16 Å². The number of amides is 2. The summed E-state index contributed by atoms with van der Waals surface area (Å²) >= 11 is 2.38. The molecule has 2 amide bonds. The van der Waals surface area contributed by atoms with Crippen LogP contribution < -0.4 is 11.1 Å². The number of nitrogens with two attached hydrogens (primary N) is 1. The summed E-state index contributed by atoms with van der Waals surface area (Å²) in [4.78, 5) is 58.1. The number of carboxylic acids is 2. The second-order valence-corrected chi connectivity index (χ2v) is 10.2. The first-order chi connectivity index (χ1) is 15.4. The Morgan fingerprint density at radius 1 is 1.36 bits per heavy atom. The Labute approximate surface area is 196 Å². The molecule has 0 saturated carbocycles. The number of nitrogens with zero attached hydrogens (tertiary/aromatic N) is 4. The molecule has 0 bridgehead atoms. The van der Waals surface area contributed by atoms with Crippen molar-refractivity contribution in [1.29, 1.82) is 0 Å². The SMILES string of the molecule is C[N+](C)(C)CC1=C(C(=O)O)N2C(=O)C(NC(=O)/C(=N/OCC(=O)O)c3csc(N)n3)[C@H]2SC1. The van der Waals surface area contributed by atoms with Crippen LogP contribution in [0.25, 0.3) is 0 Å². The lowest BCUT2D eigenvalue weighted by Gasteiger charge is -2.49. The van der Waals surface area contributed by atoms with Crippen molar-refractivity contribution < 1.29 is 38.7 Å². The van der Waals surface area contributed by atoms with Crippen LogP contribution in [0.5, 0.6) is 0 Å². The van der Waals surface area contributed by atoms with E-state index in [2.05, 4.69) is 20.3 Å². The van der Waals surface area contributed by atoms with Gasteiger partial charge in [-0.05, 0) is 0 Å². The van der Waals surface area contributed by atoms with E-state index in [-0.39, 0.29) is 22.2 Å². The molecule has 0 radical (unpaired) electrons. The Morgan fingerprint density at radius 2 is 2.06 bits per heavy atom. The van der Waals surface area contributed by atoms with Crippen molar-refractivity contribution in [2.75, 3.05) is 45.8 Å². The lowest BCUT2D eigenvalue weighted by atomic mass is 10.0. The third-order valence-electron chi connectivity index (χ3n) is 4.53. The quantitative estimate of drug-likeness (QED) is 0.142. The van der Waals surface area contributed by atoms with E-state index in [1.54, 1.807) is 0 Å². The molecule has 3 heterocycles. The summed E-state index contributed by atoms with van der Waals surface area (Å²) in [7, 11) is 5.76. The summed E-state index contributed by atoms with van der Waals surface area (Å²) in [6.45, 7) is -0.335. The molecule has 178 valence electrons. The van der Waals surface area contributed by atoms with Crippen LogP contribution in [0.1, 0.15) is 5.69 Å². The molecule has 1 fully saturated rings. The molecule has 1 saturated heterocycles. The second-order valence-electron chi connectivity index (χ2n) is 8.24. The molecule has 2 aliphatic heterocycles. The number of hydrogen-bond donors (Lipinski definition) is 4. The molecule has 0 aromatic carbocycles. The van der Waals surface area contributed by atoms with Gasteiger partial charge in [0.15, 0.2) is 10.8 Å². The molecule has 13 nitrogen and oxygen atoms in total. The fraction of sp³-hybridized carbons (Fsp3) is 0.444. The van der Waals surface area contributed by atoms with Crippen molar-refractivity contribution in [3.8, 4) is 0 Å². The number of carbonyl (C=O) groups excluding carboxylic acids is 2. The summed E-state index contributed by atoms with van der Waals surface area (Å²) in [5.74, 6) is -3.51. The van der Waals surface area contributed by atoms with Gasteiger partial charge in [0.2, 0.25) is 6.61 Å². The van der Waals surface area contributed by atoms with E-state index in [4.69, 9.17) is 10.8 Å². The minimum atomic E-state index is -1.29. The van der Waals surface area contributed by atoms with Gasteiger partial charge in [-0.15, -0.1) is 23.1 Å². The van der Waals surface area contributed by atoms with Crippen molar-refractivity contribution in [3.05, 3.63) is 22.3 Å². The smallest absolute Gasteiger partial charge is 0.352 e. The van der Waals surface area contributed by atoms with Crippen LogP contribution in [-0.2, 0) is 24.0 Å². The summed E-state index contributed by atoms with van der Waals surface area (Å²) < 4.78 is 0.493. The topological polar surface area (TPSA) is 185 Å². The van der Waals surface area contributed by atoms with Gasteiger partial charge >= 0.3 is 11.9 Å². The van der Waals surface area contributed by atoms with Crippen LogP contribution in [0.4, 0.5) is 5.13 Å². The molecular weight excluding hydrogens is 476 g/mol. The lowest BCUT2D eigenvalue weighted by molar-refractivity contribution is -0.865. The van der Waals surface area contributed by atoms with E-state index in [1.165, 1.54) is 22.0 Å². The average molecular weight is 500 g/mol. The van der Waals surface area contributed by atoms with E-state index in [0.29, 0.717) is 22.4 Å². The Morgan fingerprint density at radius 3 is 2.61 bits per heavy atom. The zero-order chi connectivity index (χ0) is 24.5. The molecule has 3 rings (SSSR count). The maximum Gasteiger partial charge on any atom is 0.352 e. The highest BCUT2D eigenvalue weighted by atomic mass is 32.2. The summed E-state index contributed by atoms with van der Waals surface area (Å²) in [5, 5.41) is 25.5. The standard InChI is InChI=1S/C18H22N6O7S2/c1-24(2,3)4-8-6-32-16-12(15(28)23(16)13(8)17(29)30)21-14(27)11(22-31-5-10(25)26)9-7-33-18(19)20-9/h7,12,16H,4-6H2,1-3H3,(H4-,19,20,21,25,26,27,29,30)/p+1/b22-11+/t12?,16-/m1/s1. The minimum absolute atomic E-state index is 0.0525. The molecule has 0 aliphatic carbocycles. The zero-order valence-corrected chi connectivity index (χ0v) is 19.6. The van der Waals surface area contributed by atoms with E-state index < -0.39 is 41.8 Å². The maximum absolute atomic E-state index is 12.9. The summed E-state index contributed by atoms with van der Waals surface area (Å²) in [6.07, 6.45) is 0. The first-order valence-corrected chi connectivity index (χ1v) is 11.5. The first-order valence-electron chi connectivity index (χ1n) is 9.53. The van der Waals surface area contributed by atoms with Gasteiger partial charge < -0.3 is 30.6 Å². The number of thioether (sulfide) groups is 1. The monoisotopic (exact) mass is 499 g/mol. The number of oxime groups is 1. The van der Waals surface area contributed by atoms with E-state index in [1.807, 2.05) is 21.1 Å². The molecule has 1 aromatic rings. The van der Waals surface area contributed by atoms with Crippen LogP contribution in [0.2, 0.25) is 0 Å². The highest BCUT2D eigenvalue weighted by molar-refractivity contribution is 8.00. The Kier molecular flexibility index (Phi) is 6.94. The predicted molar refractivity (Wildman–Crippen MR) is 119 cm³/mol. The number of anilines is 1. The summed E-state index contributed by atoms with van der Waals surface area (Å²) in [5.41, 5.74) is 5.88. The van der Waals surface area contributed by atoms with Crippen molar-refractivity contribution >= 4 is 57.7 Å². The number of carboxylic acid groups (broad SMARTS) is 2. The third kappa shape index (κ3) is 5.43. The van der Waals surface area contributed by atoms with E-state index in [9.17, 15) is 24.3 Å². The van der Waals surface area contributed by atoms with Crippen molar-refractivity contribution in [2.24, 2.45) is 5.16 Å². The molecule has 1 unspecified atom stereocenters. The number of likely N-dealkylation sites (N-methyl/N-ethyl adjacent to an activating group) is 1. The number of thiazole rings is 1. The Hall–Kier alpha value is -3.17. The number of aliphatic carboxylic acids is 2. The van der Waals surface area contributed by atoms with Gasteiger partial charge in [0.05, 0.1) is 21.1 Å². The van der Waals surface area contributed by atoms with Crippen molar-refractivity contribution in [1.82, 2.24) is 15.2 Å². The highest BCUT2D eigenvalue weighted by Crippen LogP contribution is 2.40. The van der Waals surface area contributed by atoms with Crippen LogP contribution in [-0.4, -0.2) is 106 Å². The minimum Gasteiger partial charge on any atom is -0.479 e. The number of nitrogens with one attached hydrogen (secondary N) is 1. The average Bonchev–Trinajstić information content (AvgIpc) is 3.13. The van der Waals surface area contributed by atoms with Crippen LogP contribution in [0.15, 0.2) is 21.8 Å². The van der Waals surface area contributed by atoms with Crippen molar-refractivity contribution in [3.63, 3.8) is 0 Å². The number of carbonyl (C=O) groups is 4. The predicted octanol–water partition coefficient (Wildman–Crippen LogP) is -1.02. The van der Waals surface area contributed by atoms with Crippen molar-refractivity contribution in [2.45, 2.75) is 11.4 Å². The van der Waals surface area contributed by atoms with Crippen LogP contribution in [0, 0.1) is 0 Å². The number of nitrogen functional groups attached to an aromatic ring is 1. The molecule has 0 spiro atoms. The number of hydrogen-bond acceptors (Lipinski definition) is 10. The van der Waals surface area contributed by atoms with E-state index >= 15 is 0 Å². The first kappa shape index (κ1) is 24.5. The fourth-order valence-corrected chi connectivity index (χ4v) is 5.22. The zero-order valence-electron chi connectivity index (χ0n) is 18.0. The second kappa shape index (κ2) is 9.36. The fourth-order valence-electron chi connectivity index (χ4n) is 3.34. The Bertz CT molecular complexity index is 1060. The lowest BCUT2D eigenvalue weighted by Crippen LogP contribution is -2.71. The molecule has 1 aromatic heterocycles. The van der Waals surface area contributed by atoms with E-state index in [0.717, 1.165) is 11.3 Å². The van der Waals surface area contributed by atoms with Crippen LogP contribution in [0.3, 0.4) is 0 Å². The van der Waals surface area contributed by atoms with Gasteiger partial charge in [-0.25, -0.2) is 14.6 Å². The van der Waals surface area contributed by atoms with Crippen LogP contribution >= 0.6 is 23.1 Å². The molecule has 5 N–H and O–H groups in total. The number of rotatable bonds is 9. The molecule has 15 heteroatoms. The summed E-state index contributed by atoms with van der Waals surface area (Å²) in [6, 6.07) is -0.997. The Balaban J connectivity index is 1.80. The largest absolute Gasteiger partial charge is 0.479 e. The molecule has 2 atom stereocenters. The number of quaternary nitrogens is 1. The number of β-lactam (4-membered cyclic amide) rings is 1. The van der Waals surface area contributed by atoms with Gasteiger partial charge in [0, 0.05) is 16.7 Å². The molecule has 33 heavy (non-hydrogen) atoms. The number of aromatic nitrogens is 1. The van der Waals surface area contributed by atoms with Gasteiger partial charge in [-0.3, -0.25) is 14.5 Å². The normalized spacial score (nSPS) is 20.8. The number of fused-ring (bicyclic) bond motifs is 1. The van der Waals surface area contributed by atoms with Gasteiger partial charge in [0.25, 0.3) is 11.8 Å². The van der Waals surface area contributed by atoms with Gasteiger partial charge in [0.1, 0.15) is 29.4 Å². The third-order valence-corrected chi connectivity index (χ3v) is 6.54. The highest BCUT2D eigenvalue weighted by Gasteiger charge is 2.54. The maximum atomic E-state index is 12.9. The molecular formula is C18H23N6O7S2+. The molecule has 2 aliphatic rings.